The van der Waals surface area contributed by atoms with Crippen molar-refractivity contribution < 1.29 is 0 Å². The van der Waals surface area contributed by atoms with Crippen molar-refractivity contribution in [3.8, 4) is 0 Å². The van der Waals surface area contributed by atoms with Crippen molar-refractivity contribution in [1.29, 1.82) is 0 Å². The fraction of sp³-hybridized carbons (Fsp3) is 0.692. The lowest BCUT2D eigenvalue weighted by Gasteiger charge is -2.21. The smallest absolute Gasteiger partial charge is 0.156 e. The lowest BCUT2D eigenvalue weighted by molar-refractivity contribution is 0.494. The summed E-state index contributed by atoms with van der Waals surface area (Å²) >= 11 is 0. The van der Waals surface area contributed by atoms with Gasteiger partial charge in [-0.2, -0.15) is 5.10 Å². The van der Waals surface area contributed by atoms with Gasteiger partial charge in [0.2, 0.25) is 0 Å². The van der Waals surface area contributed by atoms with Crippen LogP contribution in [0.15, 0.2) is 0 Å². The number of rotatable bonds is 2. The third-order valence-corrected chi connectivity index (χ3v) is 4.05. The van der Waals surface area contributed by atoms with Crippen molar-refractivity contribution in [2.24, 2.45) is 17.6 Å². The van der Waals surface area contributed by atoms with Gasteiger partial charge in [-0.05, 0) is 31.2 Å². The Balaban J connectivity index is 2.36. The van der Waals surface area contributed by atoms with Gasteiger partial charge in [-0.15, -0.1) is 5.10 Å². The average molecular weight is 234 g/mol. The Hall–Kier alpha value is -1.16. The summed E-state index contributed by atoms with van der Waals surface area (Å²) in [5, 5.41) is 8.59. The van der Waals surface area contributed by atoms with Crippen LogP contribution in [0, 0.1) is 25.7 Å². The van der Waals surface area contributed by atoms with E-state index in [-0.39, 0.29) is 0 Å². The molecule has 1 saturated heterocycles. The largest absolute Gasteiger partial charge is 0.354 e. The van der Waals surface area contributed by atoms with Crippen LogP contribution < -0.4 is 10.6 Å². The first-order valence-electron chi connectivity index (χ1n) is 6.32. The van der Waals surface area contributed by atoms with E-state index in [4.69, 9.17) is 5.73 Å². The van der Waals surface area contributed by atoms with Crippen LogP contribution in [-0.2, 0) is 6.54 Å². The molecule has 2 atom stereocenters. The number of nitrogens with zero attached hydrogens (tertiary/aromatic N) is 3. The summed E-state index contributed by atoms with van der Waals surface area (Å²) in [6.45, 7) is 11.3. The van der Waals surface area contributed by atoms with E-state index in [1.807, 2.05) is 6.92 Å². The van der Waals surface area contributed by atoms with Crippen molar-refractivity contribution in [3.05, 3.63) is 16.8 Å². The zero-order valence-corrected chi connectivity index (χ0v) is 11.2. The first-order valence-corrected chi connectivity index (χ1v) is 6.32. The zero-order chi connectivity index (χ0) is 12.6. The van der Waals surface area contributed by atoms with Crippen LogP contribution in [0.5, 0.6) is 0 Å². The zero-order valence-electron chi connectivity index (χ0n) is 11.2. The highest BCUT2D eigenvalue weighted by atomic mass is 15.3. The van der Waals surface area contributed by atoms with Gasteiger partial charge in [0.15, 0.2) is 5.82 Å². The maximum Gasteiger partial charge on any atom is 0.156 e. The van der Waals surface area contributed by atoms with Gasteiger partial charge in [0.1, 0.15) is 0 Å². The van der Waals surface area contributed by atoms with Crippen LogP contribution in [-0.4, -0.2) is 23.3 Å². The van der Waals surface area contributed by atoms with E-state index in [2.05, 4.69) is 35.9 Å². The van der Waals surface area contributed by atoms with E-state index in [9.17, 15) is 0 Å². The van der Waals surface area contributed by atoms with E-state index in [0.717, 1.165) is 30.2 Å². The van der Waals surface area contributed by atoms with E-state index < -0.39 is 0 Å². The first-order chi connectivity index (χ1) is 8.04. The van der Waals surface area contributed by atoms with Crippen molar-refractivity contribution in [2.75, 3.05) is 18.0 Å². The van der Waals surface area contributed by atoms with Crippen molar-refractivity contribution >= 4 is 5.82 Å². The predicted molar refractivity (Wildman–Crippen MR) is 69.9 cm³/mol. The van der Waals surface area contributed by atoms with Crippen LogP contribution in [0.1, 0.15) is 30.7 Å². The summed E-state index contributed by atoms with van der Waals surface area (Å²) in [7, 11) is 0. The van der Waals surface area contributed by atoms with Crippen LogP contribution >= 0.6 is 0 Å². The minimum atomic E-state index is 0.538. The lowest BCUT2D eigenvalue weighted by atomic mass is 10.0. The van der Waals surface area contributed by atoms with Gasteiger partial charge < -0.3 is 10.6 Å². The fourth-order valence-electron chi connectivity index (χ4n) is 2.44. The number of anilines is 1. The van der Waals surface area contributed by atoms with Crippen molar-refractivity contribution in [3.63, 3.8) is 0 Å². The highest BCUT2D eigenvalue weighted by Gasteiger charge is 2.28. The number of hydrogen-bond acceptors (Lipinski definition) is 4. The maximum absolute atomic E-state index is 5.86. The van der Waals surface area contributed by atoms with Crippen LogP contribution in [0.25, 0.3) is 0 Å². The number of nitrogens with two attached hydrogens (primary N) is 1. The Bertz CT molecular complexity index is 406. The summed E-state index contributed by atoms with van der Waals surface area (Å²) in [4.78, 5) is 2.33. The molecular formula is C13H22N4. The molecule has 2 heterocycles. The molecule has 1 fully saturated rings. The van der Waals surface area contributed by atoms with E-state index in [0.29, 0.717) is 18.4 Å². The Morgan fingerprint density at radius 2 is 1.76 bits per heavy atom. The molecule has 1 aromatic rings. The summed E-state index contributed by atoms with van der Waals surface area (Å²) < 4.78 is 0. The highest BCUT2D eigenvalue weighted by molar-refractivity contribution is 5.51. The molecule has 2 N–H and O–H groups in total. The molecule has 0 bridgehead atoms. The standard InChI is InChI=1S/C13H22N4/c1-8-6-17(7-9(8)2)13-12(5-14)10(3)11(4)15-16-13/h8-9H,5-7,14H2,1-4H3. The Kier molecular flexibility index (Phi) is 3.33. The van der Waals surface area contributed by atoms with Gasteiger partial charge in [-0.1, -0.05) is 13.8 Å². The summed E-state index contributed by atoms with van der Waals surface area (Å²) in [6.07, 6.45) is 0. The molecule has 17 heavy (non-hydrogen) atoms. The molecule has 4 nitrogen and oxygen atoms in total. The Labute approximate surface area is 103 Å². The molecule has 1 aliphatic heterocycles. The SMILES string of the molecule is Cc1nnc(N2CC(C)C(C)C2)c(CN)c1C. The Morgan fingerprint density at radius 1 is 1.18 bits per heavy atom. The van der Waals surface area contributed by atoms with Crippen LogP contribution in [0.3, 0.4) is 0 Å². The molecule has 4 heteroatoms. The molecule has 2 rings (SSSR count). The van der Waals surface area contributed by atoms with E-state index in [1.54, 1.807) is 0 Å². The lowest BCUT2D eigenvalue weighted by Crippen LogP contribution is -2.24. The van der Waals surface area contributed by atoms with Gasteiger partial charge in [0.25, 0.3) is 0 Å². The van der Waals surface area contributed by atoms with Gasteiger partial charge >= 0.3 is 0 Å². The molecular weight excluding hydrogens is 212 g/mol. The molecule has 0 saturated carbocycles. The van der Waals surface area contributed by atoms with Crippen molar-refractivity contribution in [1.82, 2.24) is 10.2 Å². The third-order valence-electron chi connectivity index (χ3n) is 4.05. The molecule has 1 aliphatic rings. The highest BCUT2D eigenvalue weighted by Crippen LogP contribution is 2.29. The second kappa shape index (κ2) is 4.61. The number of aromatic nitrogens is 2. The van der Waals surface area contributed by atoms with Gasteiger partial charge in [-0.25, -0.2) is 0 Å². The maximum atomic E-state index is 5.86. The molecule has 94 valence electrons. The number of hydrogen-bond donors (Lipinski definition) is 1. The molecule has 1 aromatic heterocycles. The fourth-order valence-corrected chi connectivity index (χ4v) is 2.44. The molecule has 0 radical (unpaired) electrons. The van der Waals surface area contributed by atoms with Crippen LogP contribution in [0.2, 0.25) is 0 Å². The average Bonchev–Trinajstić information content (AvgIpc) is 2.62. The second-order valence-corrected chi connectivity index (χ2v) is 5.28. The summed E-state index contributed by atoms with van der Waals surface area (Å²) in [6, 6.07) is 0. The van der Waals surface area contributed by atoms with Crippen molar-refractivity contribution in [2.45, 2.75) is 34.2 Å². The first kappa shape index (κ1) is 12.3. The topological polar surface area (TPSA) is 55.0 Å². The minimum absolute atomic E-state index is 0.538. The minimum Gasteiger partial charge on any atom is -0.354 e. The van der Waals surface area contributed by atoms with Gasteiger partial charge in [0, 0.05) is 25.2 Å². The predicted octanol–water partition coefficient (Wildman–Crippen LogP) is 1.64. The quantitative estimate of drug-likeness (QED) is 0.845. The molecule has 0 spiro atoms. The summed E-state index contributed by atoms with van der Waals surface area (Å²) in [5.74, 6) is 2.42. The van der Waals surface area contributed by atoms with E-state index in [1.165, 1.54) is 5.56 Å². The Morgan fingerprint density at radius 3 is 2.29 bits per heavy atom. The molecule has 0 aromatic carbocycles. The summed E-state index contributed by atoms with van der Waals surface area (Å²) in [5.41, 5.74) is 9.18. The monoisotopic (exact) mass is 234 g/mol. The second-order valence-electron chi connectivity index (χ2n) is 5.28. The molecule has 0 aliphatic carbocycles. The molecule has 2 unspecified atom stereocenters. The van der Waals surface area contributed by atoms with Gasteiger partial charge in [0.05, 0.1) is 5.69 Å². The normalized spacial score (nSPS) is 24.4. The molecule has 0 amide bonds. The number of aryl methyl sites for hydroxylation is 1. The van der Waals surface area contributed by atoms with Gasteiger partial charge in [-0.3, -0.25) is 0 Å². The van der Waals surface area contributed by atoms with Crippen LogP contribution in [0.4, 0.5) is 5.82 Å². The van der Waals surface area contributed by atoms with E-state index >= 15 is 0 Å². The third kappa shape index (κ3) is 2.14.